The van der Waals surface area contributed by atoms with E-state index in [1.807, 2.05) is 31.3 Å². The van der Waals surface area contributed by atoms with Crippen LogP contribution in [0.3, 0.4) is 0 Å². The number of hydrogen-bond donors (Lipinski definition) is 3. The molecule has 0 saturated carbocycles. The van der Waals surface area contributed by atoms with Gasteiger partial charge in [-0.05, 0) is 68.6 Å². The fourth-order valence-electron chi connectivity index (χ4n) is 3.91. The standard InChI is InChI=1S/C24H36N6O/c1-25-24(28-15-6-5-14-27-23-12-3-4-13-26-23)29-19-22(30-16-7-8-17-30)20-10-9-11-21(18-20)31-2/h3-4,9-13,18,22H,5-8,14-17,19H2,1-2H3,(H,26,27)(H2,25,28,29). The Morgan fingerprint density at radius 3 is 2.68 bits per heavy atom. The molecule has 1 aromatic carbocycles. The van der Waals surface area contributed by atoms with Gasteiger partial charge in [0.15, 0.2) is 5.96 Å². The van der Waals surface area contributed by atoms with E-state index < -0.39 is 0 Å². The predicted molar refractivity (Wildman–Crippen MR) is 128 cm³/mol. The Morgan fingerprint density at radius 2 is 1.94 bits per heavy atom. The number of aromatic nitrogens is 1. The minimum atomic E-state index is 0.304. The maximum Gasteiger partial charge on any atom is 0.191 e. The van der Waals surface area contributed by atoms with Crippen LogP contribution >= 0.6 is 0 Å². The van der Waals surface area contributed by atoms with Gasteiger partial charge in [0, 0.05) is 32.9 Å². The monoisotopic (exact) mass is 424 g/mol. The van der Waals surface area contributed by atoms with Crippen molar-refractivity contribution in [3.63, 3.8) is 0 Å². The van der Waals surface area contributed by atoms with Crippen LogP contribution in [0.15, 0.2) is 53.7 Å². The molecule has 3 rings (SSSR count). The van der Waals surface area contributed by atoms with E-state index in [1.54, 1.807) is 13.3 Å². The number of likely N-dealkylation sites (tertiary alicyclic amines) is 1. The lowest BCUT2D eigenvalue weighted by molar-refractivity contribution is 0.245. The number of aliphatic imine (C=N–C) groups is 1. The van der Waals surface area contributed by atoms with Gasteiger partial charge >= 0.3 is 0 Å². The third-order valence-corrected chi connectivity index (χ3v) is 5.61. The van der Waals surface area contributed by atoms with Crippen molar-refractivity contribution < 1.29 is 4.74 Å². The second-order valence-electron chi connectivity index (χ2n) is 7.76. The van der Waals surface area contributed by atoms with Crippen LogP contribution in [0.5, 0.6) is 5.75 Å². The lowest BCUT2D eigenvalue weighted by atomic mass is 10.1. The SMILES string of the molecule is CN=C(NCCCCNc1ccccn1)NCC(c1cccc(OC)c1)N1CCCC1. The largest absolute Gasteiger partial charge is 0.497 e. The molecule has 7 nitrogen and oxygen atoms in total. The molecule has 3 N–H and O–H groups in total. The van der Waals surface area contributed by atoms with E-state index in [1.165, 1.54) is 18.4 Å². The normalized spacial score (nSPS) is 15.5. The first kappa shape index (κ1) is 22.9. The van der Waals surface area contributed by atoms with Crippen molar-refractivity contribution in [2.75, 3.05) is 52.2 Å². The predicted octanol–water partition coefficient (Wildman–Crippen LogP) is 3.28. The minimum absolute atomic E-state index is 0.304. The van der Waals surface area contributed by atoms with E-state index in [0.29, 0.717) is 6.04 Å². The summed E-state index contributed by atoms with van der Waals surface area (Å²) >= 11 is 0. The van der Waals surface area contributed by atoms with Crippen molar-refractivity contribution >= 4 is 11.8 Å². The highest BCUT2D eigenvalue weighted by molar-refractivity contribution is 5.79. The number of benzene rings is 1. The summed E-state index contributed by atoms with van der Waals surface area (Å²) in [6.45, 7) is 4.89. The Kier molecular flexibility index (Phi) is 9.44. The van der Waals surface area contributed by atoms with E-state index in [2.05, 4.69) is 49.0 Å². The molecule has 1 atom stereocenters. The number of ether oxygens (including phenoxy) is 1. The second-order valence-corrected chi connectivity index (χ2v) is 7.76. The van der Waals surface area contributed by atoms with E-state index in [0.717, 1.165) is 63.1 Å². The summed E-state index contributed by atoms with van der Waals surface area (Å²) < 4.78 is 5.44. The van der Waals surface area contributed by atoms with Crippen LogP contribution in [-0.4, -0.2) is 62.7 Å². The van der Waals surface area contributed by atoms with E-state index >= 15 is 0 Å². The first-order valence-corrected chi connectivity index (χ1v) is 11.3. The van der Waals surface area contributed by atoms with Gasteiger partial charge in [0.2, 0.25) is 0 Å². The van der Waals surface area contributed by atoms with Crippen LogP contribution in [0.25, 0.3) is 0 Å². The molecule has 1 fully saturated rings. The van der Waals surface area contributed by atoms with Gasteiger partial charge in [-0.2, -0.15) is 0 Å². The summed E-state index contributed by atoms with van der Waals surface area (Å²) in [5, 5.41) is 10.3. The zero-order valence-electron chi connectivity index (χ0n) is 18.8. The van der Waals surface area contributed by atoms with Gasteiger partial charge in [0.1, 0.15) is 11.6 Å². The molecule has 168 valence electrons. The number of pyridine rings is 1. The highest BCUT2D eigenvalue weighted by Crippen LogP contribution is 2.27. The molecular formula is C24H36N6O. The van der Waals surface area contributed by atoms with Crippen LogP contribution in [0.4, 0.5) is 5.82 Å². The molecule has 0 aliphatic carbocycles. The van der Waals surface area contributed by atoms with Crippen LogP contribution in [-0.2, 0) is 0 Å². The number of guanidine groups is 1. The molecule has 1 aliphatic rings. The molecule has 1 saturated heterocycles. The second kappa shape index (κ2) is 12.8. The number of unbranched alkanes of at least 4 members (excludes halogenated alkanes) is 1. The van der Waals surface area contributed by atoms with Gasteiger partial charge in [-0.25, -0.2) is 4.98 Å². The van der Waals surface area contributed by atoms with Gasteiger partial charge in [-0.15, -0.1) is 0 Å². The average molecular weight is 425 g/mol. The van der Waals surface area contributed by atoms with Gasteiger partial charge in [-0.1, -0.05) is 18.2 Å². The van der Waals surface area contributed by atoms with Crippen LogP contribution in [0.2, 0.25) is 0 Å². The van der Waals surface area contributed by atoms with Crippen molar-refractivity contribution in [2.45, 2.75) is 31.7 Å². The third-order valence-electron chi connectivity index (χ3n) is 5.61. The Hall–Kier alpha value is -2.80. The van der Waals surface area contributed by atoms with E-state index in [4.69, 9.17) is 4.74 Å². The first-order chi connectivity index (χ1) is 15.3. The Labute approximate surface area is 186 Å². The Morgan fingerprint density at radius 1 is 1.10 bits per heavy atom. The molecule has 0 bridgehead atoms. The number of rotatable bonds is 11. The topological polar surface area (TPSA) is 73.8 Å². The number of anilines is 1. The average Bonchev–Trinajstić information content (AvgIpc) is 3.35. The molecule has 1 aromatic heterocycles. The summed E-state index contributed by atoms with van der Waals surface area (Å²) in [4.78, 5) is 11.2. The summed E-state index contributed by atoms with van der Waals surface area (Å²) in [6, 6.07) is 14.6. The fraction of sp³-hybridized carbons (Fsp3) is 0.500. The van der Waals surface area contributed by atoms with Crippen LogP contribution in [0, 0.1) is 0 Å². The van der Waals surface area contributed by atoms with Crippen molar-refractivity contribution in [2.24, 2.45) is 4.99 Å². The molecule has 2 heterocycles. The molecule has 1 aliphatic heterocycles. The maximum absolute atomic E-state index is 5.44. The lowest BCUT2D eigenvalue weighted by Crippen LogP contribution is -2.43. The highest BCUT2D eigenvalue weighted by atomic mass is 16.5. The molecule has 0 spiro atoms. The van der Waals surface area contributed by atoms with Crippen molar-refractivity contribution in [3.05, 3.63) is 54.2 Å². The van der Waals surface area contributed by atoms with Gasteiger partial charge in [0.25, 0.3) is 0 Å². The first-order valence-electron chi connectivity index (χ1n) is 11.3. The van der Waals surface area contributed by atoms with E-state index in [9.17, 15) is 0 Å². The fourth-order valence-corrected chi connectivity index (χ4v) is 3.91. The minimum Gasteiger partial charge on any atom is -0.497 e. The van der Waals surface area contributed by atoms with Crippen molar-refractivity contribution in [1.82, 2.24) is 20.5 Å². The van der Waals surface area contributed by atoms with Crippen molar-refractivity contribution in [3.8, 4) is 5.75 Å². The molecule has 2 aromatic rings. The van der Waals surface area contributed by atoms with Gasteiger partial charge in [0.05, 0.1) is 13.2 Å². The summed E-state index contributed by atoms with van der Waals surface area (Å²) in [5.41, 5.74) is 1.28. The Bertz CT molecular complexity index is 792. The number of nitrogens with one attached hydrogen (secondary N) is 3. The third kappa shape index (κ3) is 7.43. The van der Waals surface area contributed by atoms with Crippen LogP contribution < -0.4 is 20.7 Å². The zero-order valence-corrected chi connectivity index (χ0v) is 18.8. The lowest BCUT2D eigenvalue weighted by Gasteiger charge is -2.29. The quantitative estimate of drug-likeness (QED) is 0.292. The summed E-state index contributed by atoms with van der Waals surface area (Å²) in [5.74, 6) is 2.69. The molecule has 0 radical (unpaired) electrons. The molecule has 7 heteroatoms. The van der Waals surface area contributed by atoms with E-state index in [-0.39, 0.29) is 0 Å². The molecule has 1 unspecified atom stereocenters. The number of methoxy groups -OCH3 is 1. The van der Waals surface area contributed by atoms with Crippen LogP contribution in [0.1, 0.15) is 37.3 Å². The molecule has 0 amide bonds. The highest BCUT2D eigenvalue weighted by Gasteiger charge is 2.24. The summed E-state index contributed by atoms with van der Waals surface area (Å²) in [6.07, 6.45) is 6.47. The van der Waals surface area contributed by atoms with Crippen molar-refractivity contribution in [1.29, 1.82) is 0 Å². The summed E-state index contributed by atoms with van der Waals surface area (Å²) in [7, 11) is 3.55. The number of nitrogens with zero attached hydrogens (tertiary/aromatic N) is 3. The zero-order chi connectivity index (χ0) is 21.7. The smallest absolute Gasteiger partial charge is 0.191 e. The van der Waals surface area contributed by atoms with Gasteiger partial charge < -0.3 is 20.7 Å². The van der Waals surface area contributed by atoms with Gasteiger partial charge in [-0.3, -0.25) is 9.89 Å². The maximum atomic E-state index is 5.44. The Balaban J connectivity index is 1.43. The molecule has 31 heavy (non-hydrogen) atoms. The number of hydrogen-bond acceptors (Lipinski definition) is 5. The molecular weight excluding hydrogens is 388 g/mol.